The fourth-order valence-electron chi connectivity index (χ4n) is 3.33. The molecule has 1 unspecified atom stereocenters. The number of benzene rings is 1. The number of likely N-dealkylation sites (tertiary alicyclic amines) is 1. The average Bonchev–Trinajstić information content (AvgIpc) is 2.98. The highest BCUT2D eigenvalue weighted by molar-refractivity contribution is 5.94. The molecule has 0 bridgehead atoms. The SMILES string of the molecule is Cc1cc(C(=O)N2CCCC(CNC(=O)c3ccc(F)cc3)C2)n(C)n1. The van der Waals surface area contributed by atoms with Crippen LogP contribution in [0.4, 0.5) is 4.39 Å². The average molecular weight is 358 g/mol. The molecule has 2 heterocycles. The number of carbonyl (C=O) groups is 2. The molecule has 0 aliphatic carbocycles. The van der Waals surface area contributed by atoms with Gasteiger partial charge in [-0.1, -0.05) is 0 Å². The van der Waals surface area contributed by atoms with Crippen LogP contribution in [0, 0.1) is 18.7 Å². The summed E-state index contributed by atoms with van der Waals surface area (Å²) in [4.78, 5) is 26.7. The molecule has 1 aromatic heterocycles. The van der Waals surface area contributed by atoms with Crippen LogP contribution in [-0.2, 0) is 7.05 Å². The van der Waals surface area contributed by atoms with E-state index in [1.54, 1.807) is 17.8 Å². The Labute approximate surface area is 152 Å². The fourth-order valence-corrected chi connectivity index (χ4v) is 3.33. The Bertz CT molecular complexity index is 800. The number of piperidine rings is 1. The minimum atomic E-state index is -0.367. The molecule has 1 fully saturated rings. The number of nitrogens with zero attached hydrogens (tertiary/aromatic N) is 3. The topological polar surface area (TPSA) is 67.2 Å². The first-order valence-electron chi connectivity index (χ1n) is 8.77. The van der Waals surface area contributed by atoms with Gasteiger partial charge in [0.15, 0.2) is 0 Å². The second kappa shape index (κ2) is 7.68. The van der Waals surface area contributed by atoms with Crippen molar-refractivity contribution < 1.29 is 14.0 Å². The minimum absolute atomic E-state index is 0.0253. The predicted octanol–water partition coefficient (Wildman–Crippen LogP) is 2.15. The van der Waals surface area contributed by atoms with E-state index in [9.17, 15) is 14.0 Å². The Kier molecular flexibility index (Phi) is 5.35. The normalized spacial score (nSPS) is 17.2. The van der Waals surface area contributed by atoms with Gasteiger partial charge in [0.2, 0.25) is 0 Å². The van der Waals surface area contributed by atoms with Gasteiger partial charge in [-0.3, -0.25) is 14.3 Å². The van der Waals surface area contributed by atoms with Gasteiger partial charge in [-0.25, -0.2) is 4.39 Å². The lowest BCUT2D eigenvalue weighted by Gasteiger charge is -2.32. The summed E-state index contributed by atoms with van der Waals surface area (Å²) in [5, 5.41) is 7.12. The van der Waals surface area contributed by atoms with Gasteiger partial charge in [0.25, 0.3) is 11.8 Å². The number of aryl methyl sites for hydroxylation is 2. The van der Waals surface area contributed by atoms with Crippen molar-refractivity contribution in [3.8, 4) is 0 Å². The van der Waals surface area contributed by atoms with E-state index < -0.39 is 0 Å². The van der Waals surface area contributed by atoms with Crippen molar-refractivity contribution in [2.45, 2.75) is 19.8 Å². The molecule has 0 radical (unpaired) electrons. The molecular formula is C19H23FN4O2. The molecule has 1 aromatic carbocycles. The summed E-state index contributed by atoms with van der Waals surface area (Å²) in [6, 6.07) is 7.26. The first-order valence-corrected chi connectivity index (χ1v) is 8.77. The summed E-state index contributed by atoms with van der Waals surface area (Å²) < 4.78 is 14.5. The quantitative estimate of drug-likeness (QED) is 0.911. The van der Waals surface area contributed by atoms with Crippen molar-refractivity contribution in [3.05, 3.63) is 53.1 Å². The third-order valence-corrected chi connectivity index (χ3v) is 4.69. The highest BCUT2D eigenvalue weighted by Gasteiger charge is 2.26. The van der Waals surface area contributed by atoms with Gasteiger partial charge in [-0.2, -0.15) is 5.10 Å². The number of nitrogens with one attached hydrogen (secondary N) is 1. The van der Waals surface area contributed by atoms with Gasteiger partial charge >= 0.3 is 0 Å². The Morgan fingerprint density at radius 3 is 2.69 bits per heavy atom. The van der Waals surface area contributed by atoms with Gasteiger partial charge in [-0.05, 0) is 56.0 Å². The lowest BCUT2D eigenvalue weighted by Crippen LogP contribution is -2.44. The number of halogens is 1. The summed E-state index contributed by atoms with van der Waals surface area (Å²) >= 11 is 0. The van der Waals surface area contributed by atoms with Crippen LogP contribution in [0.2, 0.25) is 0 Å². The van der Waals surface area contributed by atoms with Crippen molar-refractivity contribution in [3.63, 3.8) is 0 Å². The van der Waals surface area contributed by atoms with E-state index in [1.807, 2.05) is 11.8 Å². The molecule has 26 heavy (non-hydrogen) atoms. The molecule has 1 aliphatic rings. The first kappa shape index (κ1) is 18.1. The van der Waals surface area contributed by atoms with Crippen LogP contribution in [-0.4, -0.2) is 46.1 Å². The van der Waals surface area contributed by atoms with Crippen LogP contribution < -0.4 is 5.32 Å². The zero-order valence-electron chi connectivity index (χ0n) is 15.0. The molecule has 6 nitrogen and oxygen atoms in total. The van der Waals surface area contributed by atoms with Gasteiger partial charge in [0.1, 0.15) is 11.5 Å². The third-order valence-electron chi connectivity index (χ3n) is 4.69. The van der Waals surface area contributed by atoms with E-state index in [1.165, 1.54) is 24.3 Å². The van der Waals surface area contributed by atoms with Crippen LogP contribution in [0.5, 0.6) is 0 Å². The van der Waals surface area contributed by atoms with Crippen molar-refractivity contribution in [1.29, 1.82) is 0 Å². The Balaban J connectivity index is 1.56. The molecule has 2 aromatic rings. The molecule has 1 N–H and O–H groups in total. The van der Waals surface area contributed by atoms with Gasteiger partial charge in [0, 0.05) is 32.2 Å². The predicted molar refractivity (Wildman–Crippen MR) is 95.3 cm³/mol. The lowest BCUT2D eigenvalue weighted by atomic mass is 9.97. The van der Waals surface area contributed by atoms with Crippen LogP contribution in [0.15, 0.2) is 30.3 Å². The molecule has 3 rings (SSSR count). The minimum Gasteiger partial charge on any atom is -0.352 e. The monoisotopic (exact) mass is 358 g/mol. The van der Waals surface area contributed by atoms with Crippen LogP contribution >= 0.6 is 0 Å². The fraction of sp³-hybridized carbons (Fsp3) is 0.421. The first-order chi connectivity index (χ1) is 12.4. The Morgan fingerprint density at radius 1 is 1.31 bits per heavy atom. The van der Waals surface area contributed by atoms with E-state index in [2.05, 4.69) is 10.4 Å². The zero-order valence-corrected chi connectivity index (χ0v) is 15.0. The number of rotatable bonds is 4. The van der Waals surface area contributed by atoms with E-state index in [-0.39, 0.29) is 23.5 Å². The third kappa shape index (κ3) is 4.09. The molecule has 1 saturated heterocycles. The lowest BCUT2D eigenvalue weighted by molar-refractivity contribution is 0.0660. The maximum absolute atomic E-state index is 12.9. The second-order valence-corrected chi connectivity index (χ2v) is 6.77. The maximum Gasteiger partial charge on any atom is 0.272 e. The van der Waals surface area contributed by atoms with Gasteiger partial charge < -0.3 is 10.2 Å². The van der Waals surface area contributed by atoms with Crippen molar-refractivity contribution in [1.82, 2.24) is 20.0 Å². The summed E-state index contributed by atoms with van der Waals surface area (Å²) in [5.41, 5.74) is 1.83. The van der Waals surface area contributed by atoms with Crippen LogP contribution in [0.25, 0.3) is 0 Å². The van der Waals surface area contributed by atoms with E-state index >= 15 is 0 Å². The molecule has 0 spiro atoms. The van der Waals surface area contributed by atoms with Gasteiger partial charge in [0.05, 0.1) is 5.69 Å². The zero-order chi connectivity index (χ0) is 18.7. The standard InChI is InChI=1S/C19H23FN4O2/c1-13-10-17(23(2)22-13)19(26)24-9-3-4-14(12-24)11-21-18(25)15-5-7-16(20)8-6-15/h5-8,10,14H,3-4,9,11-12H2,1-2H3,(H,21,25). The highest BCUT2D eigenvalue weighted by atomic mass is 19.1. The number of amides is 2. The smallest absolute Gasteiger partial charge is 0.272 e. The number of hydrogen-bond acceptors (Lipinski definition) is 3. The van der Waals surface area contributed by atoms with Crippen LogP contribution in [0.3, 0.4) is 0 Å². The summed E-state index contributed by atoms with van der Waals surface area (Å²) in [6.45, 7) is 3.67. The van der Waals surface area contributed by atoms with E-state index in [0.29, 0.717) is 30.9 Å². The number of hydrogen-bond donors (Lipinski definition) is 1. The highest BCUT2D eigenvalue weighted by Crippen LogP contribution is 2.18. The second-order valence-electron chi connectivity index (χ2n) is 6.77. The summed E-state index contributed by atoms with van der Waals surface area (Å²) in [7, 11) is 1.77. The molecule has 1 atom stereocenters. The van der Waals surface area contributed by atoms with E-state index in [0.717, 1.165) is 18.5 Å². The van der Waals surface area contributed by atoms with Crippen molar-refractivity contribution in [2.75, 3.05) is 19.6 Å². The molecule has 1 aliphatic heterocycles. The number of aromatic nitrogens is 2. The molecule has 138 valence electrons. The molecule has 7 heteroatoms. The Hall–Kier alpha value is -2.70. The van der Waals surface area contributed by atoms with Crippen molar-refractivity contribution >= 4 is 11.8 Å². The van der Waals surface area contributed by atoms with Crippen molar-refractivity contribution in [2.24, 2.45) is 13.0 Å². The summed E-state index contributed by atoms with van der Waals surface area (Å²) in [5.74, 6) is -0.418. The summed E-state index contributed by atoms with van der Waals surface area (Å²) in [6.07, 6.45) is 1.86. The maximum atomic E-state index is 12.9. The van der Waals surface area contributed by atoms with Gasteiger partial charge in [-0.15, -0.1) is 0 Å². The molecule has 2 amide bonds. The number of carbonyl (C=O) groups excluding carboxylic acids is 2. The molecular weight excluding hydrogens is 335 g/mol. The van der Waals surface area contributed by atoms with E-state index in [4.69, 9.17) is 0 Å². The molecule has 0 saturated carbocycles. The Morgan fingerprint density at radius 2 is 2.04 bits per heavy atom. The van der Waals surface area contributed by atoms with Crippen LogP contribution in [0.1, 0.15) is 39.4 Å². The largest absolute Gasteiger partial charge is 0.352 e.